The molecule has 0 saturated carbocycles. The molecular formula is C21H16Cl2N2O3S2. The Kier molecular flexibility index (Phi) is 5.97. The minimum Gasteiger partial charge on any atom is -0.463 e. The maximum Gasteiger partial charge on any atom is 0.338 e. The van der Waals surface area contributed by atoms with Gasteiger partial charge in [-0.25, -0.2) is 9.79 Å². The minimum atomic E-state index is -0.573. The number of ether oxygens (including phenoxy) is 1. The average Bonchev–Trinajstić information content (AvgIpc) is 3.33. The van der Waals surface area contributed by atoms with Crippen LogP contribution in [0.4, 0.5) is 0 Å². The second kappa shape index (κ2) is 8.51. The molecule has 0 aliphatic carbocycles. The number of carbonyl (C=O) groups excluding carboxylic acids is 1. The predicted octanol–water partition coefficient (Wildman–Crippen LogP) is 4.17. The molecule has 0 bridgehead atoms. The van der Waals surface area contributed by atoms with Crippen molar-refractivity contribution in [1.29, 1.82) is 0 Å². The highest BCUT2D eigenvalue weighted by molar-refractivity contribution is 7.10. The summed E-state index contributed by atoms with van der Waals surface area (Å²) in [5, 5.41) is 2.77. The average molecular weight is 479 g/mol. The molecule has 5 nitrogen and oxygen atoms in total. The molecule has 0 amide bonds. The lowest BCUT2D eigenvalue weighted by atomic mass is 10.0. The van der Waals surface area contributed by atoms with E-state index in [4.69, 9.17) is 27.9 Å². The molecular weight excluding hydrogens is 463 g/mol. The van der Waals surface area contributed by atoms with Crippen molar-refractivity contribution < 1.29 is 9.53 Å². The van der Waals surface area contributed by atoms with Crippen molar-refractivity contribution in [3.8, 4) is 0 Å². The second-order valence-electron chi connectivity index (χ2n) is 6.49. The molecule has 1 aliphatic heterocycles. The molecule has 4 rings (SSSR count). The monoisotopic (exact) mass is 478 g/mol. The summed E-state index contributed by atoms with van der Waals surface area (Å²) in [6, 6.07) is 8.40. The molecule has 9 heteroatoms. The lowest BCUT2D eigenvalue weighted by Gasteiger charge is -2.23. The summed E-state index contributed by atoms with van der Waals surface area (Å²) in [7, 11) is 0. The van der Waals surface area contributed by atoms with Crippen LogP contribution in [0.15, 0.2) is 56.8 Å². The second-order valence-corrected chi connectivity index (χ2v) is 9.29. The Hall–Kier alpha value is -2.19. The maximum absolute atomic E-state index is 13.4. The van der Waals surface area contributed by atoms with Gasteiger partial charge in [-0.1, -0.05) is 46.7 Å². The van der Waals surface area contributed by atoms with E-state index in [0.29, 0.717) is 30.6 Å². The normalized spacial score (nSPS) is 16.4. The van der Waals surface area contributed by atoms with Crippen LogP contribution in [-0.4, -0.2) is 17.1 Å². The summed E-state index contributed by atoms with van der Waals surface area (Å²) in [4.78, 5) is 32.0. The summed E-state index contributed by atoms with van der Waals surface area (Å²) in [5.41, 5.74) is 1.46. The standard InChI is InChI=1S/C21H16Cl2N2O3S2/c1-3-28-20(27)17-11(2)24-21-25(18(17)15-5-4-8-29-15)19(26)16(30-21)10-12-6-7-13(22)14(23)9-12/h4-10,18H,3H2,1-2H3/b16-10-/t18-/m0/s1. The van der Waals surface area contributed by atoms with Crippen LogP contribution in [-0.2, 0) is 9.53 Å². The number of hydrogen-bond acceptors (Lipinski definition) is 6. The van der Waals surface area contributed by atoms with Gasteiger partial charge >= 0.3 is 5.97 Å². The van der Waals surface area contributed by atoms with Gasteiger partial charge in [0.25, 0.3) is 5.56 Å². The van der Waals surface area contributed by atoms with E-state index in [1.807, 2.05) is 17.5 Å². The van der Waals surface area contributed by atoms with E-state index in [-0.39, 0.29) is 12.2 Å². The lowest BCUT2D eigenvalue weighted by molar-refractivity contribution is -0.139. The van der Waals surface area contributed by atoms with Crippen molar-refractivity contribution in [1.82, 2.24) is 4.57 Å². The van der Waals surface area contributed by atoms with E-state index in [9.17, 15) is 9.59 Å². The van der Waals surface area contributed by atoms with Crippen molar-refractivity contribution in [3.05, 3.63) is 87.2 Å². The fourth-order valence-corrected chi connectivity index (χ4v) is 5.44. The van der Waals surface area contributed by atoms with Gasteiger partial charge in [0.05, 0.1) is 32.5 Å². The highest BCUT2D eigenvalue weighted by Crippen LogP contribution is 2.33. The van der Waals surface area contributed by atoms with Gasteiger partial charge < -0.3 is 4.74 Å². The molecule has 0 saturated heterocycles. The number of thiophene rings is 1. The third kappa shape index (κ3) is 3.78. The zero-order valence-electron chi connectivity index (χ0n) is 16.0. The van der Waals surface area contributed by atoms with E-state index in [2.05, 4.69) is 4.99 Å². The molecule has 2 aromatic heterocycles. The van der Waals surface area contributed by atoms with E-state index in [1.54, 1.807) is 42.7 Å². The van der Waals surface area contributed by atoms with Crippen LogP contribution in [0.1, 0.15) is 30.3 Å². The van der Waals surface area contributed by atoms with E-state index >= 15 is 0 Å². The van der Waals surface area contributed by atoms with Crippen LogP contribution < -0.4 is 14.9 Å². The highest BCUT2D eigenvalue weighted by Gasteiger charge is 2.33. The van der Waals surface area contributed by atoms with Crippen molar-refractivity contribution >= 4 is 57.9 Å². The van der Waals surface area contributed by atoms with Gasteiger partial charge in [-0.15, -0.1) is 11.3 Å². The molecule has 154 valence electrons. The number of fused-ring (bicyclic) bond motifs is 1. The maximum atomic E-state index is 13.4. The number of halogens is 2. The third-order valence-corrected chi connectivity index (χ3v) is 7.22. The molecule has 0 spiro atoms. The van der Waals surface area contributed by atoms with Gasteiger partial charge in [0, 0.05) is 4.88 Å². The summed E-state index contributed by atoms with van der Waals surface area (Å²) in [6.07, 6.45) is 1.75. The zero-order chi connectivity index (χ0) is 21.4. The fraction of sp³-hybridized carbons (Fsp3) is 0.190. The van der Waals surface area contributed by atoms with Crippen LogP contribution in [0.3, 0.4) is 0 Å². The van der Waals surface area contributed by atoms with Crippen LogP contribution in [0, 0.1) is 0 Å². The first-order valence-electron chi connectivity index (χ1n) is 9.08. The first-order chi connectivity index (χ1) is 14.4. The third-order valence-electron chi connectivity index (χ3n) is 4.57. The van der Waals surface area contributed by atoms with Crippen molar-refractivity contribution in [2.24, 2.45) is 4.99 Å². The summed E-state index contributed by atoms with van der Waals surface area (Å²) in [5.74, 6) is -0.462. The quantitative estimate of drug-likeness (QED) is 0.528. The molecule has 1 aliphatic rings. The van der Waals surface area contributed by atoms with Crippen molar-refractivity contribution in [3.63, 3.8) is 0 Å². The van der Waals surface area contributed by atoms with Crippen LogP contribution in [0.25, 0.3) is 6.08 Å². The number of aromatic nitrogens is 1. The fourth-order valence-electron chi connectivity index (χ4n) is 3.26. The molecule has 3 heterocycles. The Morgan fingerprint density at radius 3 is 2.77 bits per heavy atom. The lowest BCUT2D eigenvalue weighted by Crippen LogP contribution is -2.39. The van der Waals surface area contributed by atoms with Gasteiger partial charge in [-0.3, -0.25) is 9.36 Å². The number of thiazole rings is 1. The molecule has 3 aromatic rings. The number of carbonyl (C=O) groups is 1. The predicted molar refractivity (Wildman–Crippen MR) is 121 cm³/mol. The topological polar surface area (TPSA) is 60.7 Å². The number of allylic oxidation sites excluding steroid dienone is 1. The van der Waals surface area contributed by atoms with Gasteiger partial charge in [0.1, 0.15) is 6.04 Å². The number of benzene rings is 1. The Morgan fingerprint density at radius 2 is 2.10 bits per heavy atom. The number of hydrogen-bond donors (Lipinski definition) is 0. The summed E-state index contributed by atoms with van der Waals surface area (Å²) < 4.78 is 7.32. The molecule has 0 unspecified atom stereocenters. The first kappa shape index (κ1) is 21.1. The Bertz CT molecular complexity index is 1340. The molecule has 1 atom stereocenters. The van der Waals surface area contributed by atoms with Gasteiger partial charge in [0.15, 0.2) is 4.80 Å². The van der Waals surface area contributed by atoms with Gasteiger partial charge in [-0.2, -0.15) is 0 Å². The summed E-state index contributed by atoms with van der Waals surface area (Å²) >= 11 is 14.8. The van der Waals surface area contributed by atoms with Crippen LogP contribution in [0.5, 0.6) is 0 Å². The van der Waals surface area contributed by atoms with Crippen LogP contribution in [0.2, 0.25) is 10.0 Å². The first-order valence-corrected chi connectivity index (χ1v) is 11.5. The molecule has 30 heavy (non-hydrogen) atoms. The van der Waals surface area contributed by atoms with Gasteiger partial charge in [-0.05, 0) is 49.1 Å². The molecule has 1 aromatic carbocycles. The largest absolute Gasteiger partial charge is 0.463 e. The SMILES string of the molecule is CCOC(=O)C1=C(C)N=c2s/c(=C\c3ccc(Cl)c(Cl)c3)c(=O)n2[C@H]1c1cccs1. The van der Waals surface area contributed by atoms with Gasteiger partial charge in [0.2, 0.25) is 0 Å². The molecule has 0 radical (unpaired) electrons. The van der Waals surface area contributed by atoms with Crippen LogP contribution >= 0.6 is 45.9 Å². The van der Waals surface area contributed by atoms with Crippen molar-refractivity contribution in [2.45, 2.75) is 19.9 Å². The van der Waals surface area contributed by atoms with E-state index in [1.165, 1.54) is 22.7 Å². The van der Waals surface area contributed by atoms with E-state index in [0.717, 1.165) is 10.4 Å². The van der Waals surface area contributed by atoms with Crippen molar-refractivity contribution in [2.75, 3.05) is 6.61 Å². The number of esters is 1. The number of rotatable bonds is 4. The van der Waals surface area contributed by atoms with E-state index < -0.39 is 12.0 Å². The highest BCUT2D eigenvalue weighted by atomic mass is 35.5. The Labute approximate surface area is 190 Å². The number of nitrogens with zero attached hydrogens (tertiary/aromatic N) is 2. The Morgan fingerprint density at radius 1 is 1.30 bits per heavy atom. The minimum absolute atomic E-state index is 0.225. The molecule has 0 N–H and O–H groups in total. The smallest absolute Gasteiger partial charge is 0.338 e. The Balaban J connectivity index is 1.93. The zero-order valence-corrected chi connectivity index (χ0v) is 19.2. The summed E-state index contributed by atoms with van der Waals surface area (Å²) in [6.45, 7) is 3.76. The molecule has 0 fully saturated rings.